The minimum absolute atomic E-state index is 1.17. The van der Waals surface area contributed by atoms with Gasteiger partial charge in [-0.15, -0.1) is 0 Å². The average molecular weight is 128 g/mol. The SMILES string of the molecule is C1#CC=C2CCC=C2C=C1. The number of rotatable bonds is 0. The summed E-state index contributed by atoms with van der Waals surface area (Å²) in [5, 5.41) is 0. The highest BCUT2D eigenvalue weighted by molar-refractivity contribution is 5.50. The minimum Gasteiger partial charge on any atom is -0.0766 e. The van der Waals surface area contributed by atoms with Crippen molar-refractivity contribution < 1.29 is 0 Å². The zero-order valence-corrected chi connectivity index (χ0v) is 5.72. The maximum absolute atomic E-state index is 2.98. The lowest BCUT2D eigenvalue weighted by atomic mass is 10.1. The van der Waals surface area contributed by atoms with Gasteiger partial charge in [-0.1, -0.05) is 17.9 Å². The Morgan fingerprint density at radius 1 is 1.30 bits per heavy atom. The van der Waals surface area contributed by atoms with Gasteiger partial charge in [0.05, 0.1) is 0 Å². The predicted octanol–water partition coefficient (Wildman–Crippen LogP) is 2.21. The fraction of sp³-hybridized carbons (Fsp3) is 0.200. The Balaban J connectivity index is 2.46. The van der Waals surface area contributed by atoms with Crippen molar-refractivity contribution in [3.63, 3.8) is 0 Å². The summed E-state index contributed by atoms with van der Waals surface area (Å²) in [5.41, 5.74) is 2.76. The maximum Gasteiger partial charge on any atom is -0.00773 e. The first-order valence-corrected chi connectivity index (χ1v) is 3.54. The van der Waals surface area contributed by atoms with Gasteiger partial charge in [0, 0.05) is 0 Å². The molecule has 0 saturated heterocycles. The first-order valence-electron chi connectivity index (χ1n) is 3.54. The van der Waals surface area contributed by atoms with Crippen molar-refractivity contribution in [2.45, 2.75) is 12.8 Å². The lowest BCUT2D eigenvalue weighted by Gasteiger charge is -1.93. The van der Waals surface area contributed by atoms with Crippen LogP contribution in [0.15, 0.2) is 35.5 Å². The molecule has 0 unspecified atom stereocenters. The van der Waals surface area contributed by atoms with E-state index in [0.717, 1.165) is 0 Å². The zero-order chi connectivity index (χ0) is 6.81. The molecule has 0 saturated carbocycles. The number of fused-ring (bicyclic) bond motifs is 1. The third-order valence-corrected chi connectivity index (χ3v) is 1.82. The van der Waals surface area contributed by atoms with Crippen molar-refractivity contribution in [3.8, 4) is 11.8 Å². The molecule has 0 radical (unpaired) electrons. The molecule has 10 heavy (non-hydrogen) atoms. The summed E-state index contributed by atoms with van der Waals surface area (Å²) < 4.78 is 0. The maximum atomic E-state index is 2.98. The third kappa shape index (κ3) is 0.804. The summed E-state index contributed by atoms with van der Waals surface area (Å²) in [6, 6.07) is 0. The van der Waals surface area contributed by atoms with Crippen LogP contribution in [0.1, 0.15) is 12.8 Å². The summed E-state index contributed by atoms with van der Waals surface area (Å²) in [6.45, 7) is 0. The molecule has 2 aliphatic rings. The summed E-state index contributed by atoms with van der Waals surface area (Å²) in [7, 11) is 0. The lowest BCUT2D eigenvalue weighted by Crippen LogP contribution is -1.75. The van der Waals surface area contributed by atoms with Crippen molar-refractivity contribution >= 4 is 0 Å². The smallest absolute Gasteiger partial charge is 0.00773 e. The molecule has 0 fully saturated rings. The molecule has 0 aliphatic heterocycles. The quantitative estimate of drug-likeness (QED) is 0.439. The van der Waals surface area contributed by atoms with E-state index in [1.165, 1.54) is 24.0 Å². The highest BCUT2D eigenvalue weighted by atomic mass is 14.1. The Morgan fingerprint density at radius 2 is 2.30 bits per heavy atom. The molecule has 0 heterocycles. The molecular weight excluding hydrogens is 120 g/mol. The van der Waals surface area contributed by atoms with Gasteiger partial charge in [-0.25, -0.2) is 0 Å². The molecule has 2 aliphatic carbocycles. The predicted molar refractivity (Wildman–Crippen MR) is 42.3 cm³/mol. The Kier molecular flexibility index (Phi) is 1.22. The van der Waals surface area contributed by atoms with Crippen LogP contribution in [-0.2, 0) is 0 Å². The van der Waals surface area contributed by atoms with Crippen LogP contribution >= 0.6 is 0 Å². The molecular formula is C10H8. The van der Waals surface area contributed by atoms with E-state index < -0.39 is 0 Å². The summed E-state index contributed by atoms with van der Waals surface area (Å²) in [6.07, 6.45) is 10.7. The van der Waals surface area contributed by atoms with Gasteiger partial charge in [0.25, 0.3) is 0 Å². The van der Waals surface area contributed by atoms with Crippen LogP contribution in [-0.4, -0.2) is 0 Å². The largest absolute Gasteiger partial charge is 0.0766 e. The molecule has 48 valence electrons. The van der Waals surface area contributed by atoms with E-state index in [0.29, 0.717) is 0 Å². The topological polar surface area (TPSA) is 0 Å². The molecule has 0 spiro atoms. The van der Waals surface area contributed by atoms with Crippen LogP contribution in [0.3, 0.4) is 0 Å². The van der Waals surface area contributed by atoms with Crippen molar-refractivity contribution in [3.05, 3.63) is 35.5 Å². The number of hydrogen-bond acceptors (Lipinski definition) is 0. The average Bonchev–Trinajstić information content (AvgIpc) is 2.28. The van der Waals surface area contributed by atoms with Crippen molar-refractivity contribution in [1.29, 1.82) is 0 Å². The highest BCUT2D eigenvalue weighted by Crippen LogP contribution is 2.25. The molecule has 0 bridgehead atoms. The second-order valence-corrected chi connectivity index (χ2v) is 2.49. The van der Waals surface area contributed by atoms with Gasteiger partial charge in [0.15, 0.2) is 0 Å². The van der Waals surface area contributed by atoms with Crippen molar-refractivity contribution in [1.82, 2.24) is 0 Å². The molecule has 0 amide bonds. The van der Waals surface area contributed by atoms with Crippen LogP contribution in [0.4, 0.5) is 0 Å². The molecule has 0 heteroatoms. The fourth-order valence-corrected chi connectivity index (χ4v) is 1.30. The van der Waals surface area contributed by atoms with Crippen LogP contribution < -0.4 is 0 Å². The van der Waals surface area contributed by atoms with Gasteiger partial charge in [-0.3, -0.25) is 0 Å². The highest BCUT2D eigenvalue weighted by Gasteiger charge is 2.07. The van der Waals surface area contributed by atoms with E-state index in [2.05, 4.69) is 24.0 Å². The molecule has 0 aromatic rings. The molecule has 0 N–H and O–H groups in total. The van der Waals surface area contributed by atoms with E-state index >= 15 is 0 Å². The Morgan fingerprint density at radius 3 is 3.30 bits per heavy atom. The van der Waals surface area contributed by atoms with E-state index in [9.17, 15) is 0 Å². The van der Waals surface area contributed by atoms with Crippen LogP contribution in [0.25, 0.3) is 0 Å². The summed E-state index contributed by atoms with van der Waals surface area (Å²) in [5.74, 6) is 5.91. The third-order valence-electron chi connectivity index (χ3n) is 1.82. The number of hydrogen-bond donors (Lipinski definition) is 0. The van der Waals surface area contributed by atoms with E-state index in [1.54, 1.807) is 0 Å². The van der Waals surface area contributed by atoms with E-state index in [-0.39, 0.29) is 0 Å². The molecule has 2 rings (SSSR count). The van der Waals surface area contributed by atoms with Crippen LogP contribution in [0.2, 0.25) is 0 Å². The monoisotopic (exact) mass is 128 g/mol. The molecule has 0 atom stereocenters. The first-order chi connectivity index (χ1) is 4.97. The summed E-state index contributed by atoms with van der Waals surface area (Å²) >= 11 is 0. The van der Waals surface area contributed by atoms with Crippen LogP contribution in [0.5, 0.6) is 0 Å². The van der Waals surface area contributed by atoms with Crippen LogP contribution in [0, 0.1) is 11.8 Å². The fourth-order valence-electron chi connectivity index (χ4n) is 1.30. The Hall–Kier alpha value is -1.22. The molecule has 0 aromatic carbocycles. The second kappa shape index (κ2) is 2.19. The zero-order valence-electron chi connectivity index (χ0n) is 5.72. The van der Waals surface area contributed by atoms with Gasteiger partial charge in [-0.05, 0) is 42.2 Å². The van der Waals surface area contributed by atoms with Gasteiger partial charge in [-0.2, -0.15) is 0 Å². The van der Waals surface area contributed by atoms with Gasteiger partial charge >= 0.3 is 0 Å². The van der Waals surface area contributed by atoms with Gasteiger partial charge in [0.2, 0.25) is 0 Å². The minimum atomic E-state index is 1.17. The van der Waals surface area contributed by atoms with Crippen molar-refractivity contribution in [2.75, 3.05) is 0 Å². The lowest BCUT2D eigenvalue weighted by molar-refractivity contribution is 1.06. The molecule has 0 nitrogen and oxygen atoms in total. The molecule has 0 aromatic heterocycles. The van der Waals surface area contributed by atoms with Gasteiger partial charge in [0.1, 0.15) is 0 Å². The van der Waals surface area contributed by atoms with E-state index in [4.69, 9.17) is 0 Å². The standard InChI is InChI=1S/C10H8/c1-2-5-9-7-4-8-10(9)6-3-1/h2,5-7H,4,8H2. The number of allylic oxidation sites excluding steroid dienone is 6. The van der Waals surface area contributed by atoms with Crippen molar-refractivity contribution in [2.24, 2.45) is 0 Å². The Bertz CT molecular complexity index is 290. The van der Waals surface area contributed by atoms with E-state index in [1.807, 2.05) is 12.2 Å². The normalized spacial score (nSPS) is 20.0. The van der Waals surface area contributed by atoms with Gasteiger partial charge < -0.3 is 0 Å². The Labute approximate surface area is 60.9 Å². The summed E-state index contributed by atoms with van der Waals surface area (Å²) in [4.78, 5) is 0. The first kappa shape index (κ1) is 5.56. The second-order valence-electron chi connectivity index (χ2n) is 2.49.